The van der Waals surface area contributed by atoms with Gasteiger partial charge in [0.1, 0.15) is 18.8 Å². The summed E-state index contributed by atoms with van der Waals surface area (Å²) in [4.78, 5) is 29.4. The molecule has 11 heteroatoms. The van der Waals surface area contributed by atoms with Gasteiger partial charge in [-0.2, -0.15) is 4.31 Å². The maximum atomic E-state index is 13.3. The van der Waals surface area contributed by atoms with Crippen LogP contribution >= 0.6 is 0 Å². The van der Waals surface area contributed by atoms with Gasteiger partial charge in [0.05, 0.1) is 11.6 Å². The van der Waals surface area contributed by atoms with E-state index in [9.17, 15) is 18.0 Å². The van der Waals surface area contributed by atoms with E-state index in [1.54, 1.807) is 55.5 Å². The number of sulfonamides is 1. The van der Waals surface area contributed by atoms with Crippen molar-refractivity contribution in [3.8, 4) is 11.5 Å². The summed E-state index contributed by atoms with van der Waals surface area (Å²) in [7, 11) is -3.57. The van der Waals surface area contributed by atoms with Crippen LogP contribution in [0.15, 0.2) is 53.4 Å². The number of carbonyl (C=O) groups excluding carboxylic acids is 2. The fraction of sp³-hybridized carbons (Fsp3) is 0.391. The number of urea groups is 1. The zero-order chi connectivity index (χ0) is 23.9. The predicted molar refractivity (Wildman–Crippen MR) is 122 cm³/mol. The molecule has 3 heterocycles. The number of carbonyl (C=O) groups is 2. The van der Waals surface area contributed by atoms with Crippen LogP contribution in [0.3, 0.4) is 0 Å². The van der Waals surface area contributed by atoms with Crippen LogP contribution in [-0.2, 0) is 20.4 Å². The first-order chi connectivity index (χ1) is 16.3. The molecular formula is C23H26N4O6S. The Balaban J connectivity index is 1.25. The lowest BCUT2D eigenvalue weighted by molar-refractivity contribution is -0.132. The Labute approximate surface area is 198 Å². The van der Waals surface area contributed by atoms with E-state index in [1.807, 2.05) is 4.90 Å². The number of ether oxygens (including phenoxy) is 2. The molecule has 3 aliphatic heterocycles. The van der Waals surface area contributed by atoms with Crippen molar-refractivity contribution < 1.29 is 27.5 Å². The zero-order valence-corrected chi connectivity index (χ0v) is 19.6. The third-order valence-electron chi connectivity index (χ3n) is 6.45. The molecule has 0 aliphatic carbocycles. The van der Waals surface area contributed by atoms with Crippen molar-refractivity contribution in [3.05, 3.63) is 54.1 Å². The van der Waals surface area contributed by atoms with Gasteiger partial charge >= 0.3 is 6.03 Å². The number of piperazine rings is 1. The number of nitrogens with one attached hydrogen (secondary N) is 1. The summed E-state index contributed by atoms with van der Waals surface area (Å²) in [6.45, 7) is 4.01. The third-order valence-corrected chi connectivity index (χ3v) is 8.36. The first-order valence-corrected chi connectivity index (χ1v) is 12.5. The number of imide groups is 1. The van der Waals surface area contributed by atoms with Crippen LogP contribution < -0.4 is 14.8 Å². The Morgan fingerprint density at radius 1 is 0.941 bits per heavy atom. The fourth-order valence-electron chi connectivity index (χ4n) is 4.43. The van der Waals surface area contributed by atoms with Crippen molar-refractivity contribution in [3.63, 3.8) is 0 Å². The number of nitrogens with zero attached hydrogens (tertiary/aromatic N) is 3. The van der Waals surface area contributed by atoms with E-state index >= 15 is 0 Å². The molecule has 3 aliphatic rings. The molecule has 2 fully saturated rings. The van der Waals surface area contributed by atoms with Crippen molar-refractivity contribution in [2.24, 2.45) is 0 Å². The maximum Gasteiger partial charge on any atom is 0.326 e. The number of amides is 3. The molecule has 10 nitrogen and oxygen atoms in total. The smallest absolute Gasteiger partial charge is 0.326 e. The molecule has 0 spiro atoms. The lowest BCUT2D eigenvalue weighted by Gasteiger charge is -2.35. The van der Waals surface area contributed by atoms with Crippen molar-refractivity contribution in [2.75, 3.05) is 46.1 Å². The molecule has 5 rings (SSSR count). The summed E-state index contributed by atoms with van der Waals surface area (Å²) >= 11 is 0. The van der Waals surface area contributed by atoms with Crippen LogP contribution in [0, 0.1) is 0 Å². The summed E-state index contributed by atoms with van der Waals surface area (Å²) in [5.74, 6) is 0.783. The highest BCUT2D eigenvalue weighted by atomic mass is 32.2. The fourth-order valence-corrected chi connectivity index (χ4v) is 5.87. The quantitative estimate of drug-likeness (QED) is 0.633. The van der Waals surface area contributed by atoms with Crippen LogP contribution in [0.25, 0.3) is 0 Å². The monoisotopic (exact) mass is 486 g/mol. The summed E-state index contributed by atoms with van der Waals surface area (Å²) < 4.78 is 38.3. The summed E-state index contributed by atoms with van der Waals surface area (Å²) in [5, 5.41) is 2.81. The van der Waals surface area contributed by atoms with Gasteiger partial charge in [-0.15, -0.1) is 0 Å². The van der Waals surface area contributed by atoms with Gasteiger partial charge in [-0.05, 0) is 36.8 Å². The summed E-state index contributed by atoms with van der Waals surface area (Å²) in [6, 6.07) is 13.0. The van der Waals surface area contributed by atoms with Gasteiger partial charge in [-0.1, -0.05) is 24.3 Å². The number of hydrogen-bond acceptors (Lipinski definition) is 7. The lowest BCUT2D eigenvalue weighted by atomic mass is 9.91. The minimum absolute atomic E-state index is 0.0873. The number of benzene rings is 2. The van der Waals surface area contributed by atoms with Crippen molar-refractivity contribution in [1.29, 1.82) is 0 Å². The van der Waals surface area contributed by atoms with Crippen molar-refractivity contribution in [1.82, 2.24) is 19.4 Å². The highest BCUT2D eigenvalue weighted by Crippen LogP contribution is 2.37. The van der Waals surface area contributed by atoms with E-state index in [1.165, 1.54) is 9.21 Å². The molecule has 1 N–H and O–H groups in total. The SMILES string of the molecule is CC1(c2ccc3c(c2)OCCO3)NC(=O)N(CN2CCN(S(=O)(=O)c3ccccc3)CC2)C1=O. The molecule has 2 saturated heterocycles. The topological polar surface area (TPSA) is 108 Å². The molecule has 0 aromatic heterocycles. The van der Waals surface area contributed by atoms with E-state index in [4.69, 9.17) is 9.47 Å². The molecule has 0 radical (unpaired) electrons. The van der Waals surface area contributed by atoms with Crippen molar-refractivity contribution >= 4 is 22.0 Å². The van der Waals surface area contributed by atoms with E-state index in [0.29, 0.717) is 43.4 Å². The van der Waals surface area contributed by atoms with Crippen molar-refractivity contribution in [2.45, 2.75) is 17.4 Å². The minimum Gasteiger partial charge on any atom is -0.486 e. The largest absolute Gasteiger partial charge is 0.486 e. The first kappa shape index (κ1) is 22.6. The Kier molecular flexibility index (Phi) is 5.70. The molecule has 34 heavy (non-hydrogen) atoms. The Morgan fingerprint density at radius 3 is 2.32 bits per heavy atom. The first-order valence-electron chi connectivity index (χ1n) is 11.1. The normalized spacial score (nSPS) is 23.7. The van der Waals surface area contributed by atoms with Crippen LogP contribution in [-0.4, -0.2) is 80.5 Å². The number of fused-ring (bicyclic) bond motifs is 1. The van der Waals surface area contributed by atoms with Crippen LogP contribution in [0.5, 0.6) is 11.5 Å². The molecule has 1 atom stereocenters. The minimum atomic E-state index is -3.57. The molecule has 2 aromatic rings. The Bertz CT molecular complexity index is 1210. The Hall–Kier alpha value is -3.15. The highest BCUT2D eigenvalue weighted by molar-refractivity contribution is 7.89. The van der Waals surface area contributed by atoms with Gasteiger partial charge in [0, 0.05) is 26.2 Å². The van der Waals surface area contributed by atoms with E-state index < -0.39 is 21.6 Å². The van der Waals surface area contributed by atoms with Gasteiger partial charge in [0.15, 0.2) is 11.5 Å². The second-order valence-electron chi connectivity index (χ2n) is 8.62. The molecule has 1 unspecified atom stereocenters. The molecular weight excluding hydrogens is 460 g/mol. The van der Waals surface area contributed by atoms with Gasteiger partial charge in [0.2, 0.25) is 10.0 Å². The van der Waals surface area contributed by atoms with Crippen LogP contribution in [0.4, 0.5) is 4.79 Å². The summed E-state index contributed by atoms with van der Waals surface area (Å²) in [5.41, 5.74) is -0.623. The molecule has 2 aromatic carbocycles. The standard InChI is InChI=1S/C23H26N4O6S/c1-23(17-7-8-19-20(15-17)33-14-13-32-19)21(28)27(22(29)24-23)16-25-9-11-26(12-10-25)34(30,31)18-5-3-2-4-6-18/h2-8,15H,9-14,16H2,1H3,(H,24,29). The second kappa shape index (κ2) is 8.57. The van der Waals surface area contributed by atoms with Gasteiger partial charge in [0.25, 0.3) is 5.91 Å². The van der Waals surface area contributed by atoms with Gasteiger partial charge < -0.3 is 14.8 Å². The zero-order valence-electron chi connectivity index (χ0n) is 18.8. The van der Waals surface area contributed by atoms with Gasteiger partial charge in [-0.3, -0.25) is 9.69 Å². The van der Waals surface area contributed by atoms with Crippen LogP contribution in [0.1, 0.15) is 12.5 Å². The molecule has 180 valence electrons. The highest BCUT2D eigenvalue weighted by Gasteiger charge is 2.50. The number of hydrogen-bond donors (Lipinski definition) is 1. The Morgan fingerprint density at radius 2 is 1.62 bits per heavy atom. The lowest BCUT2D eigenvalue weighted by Crippen LogP contribution is -2.52. The average molecular weight is 487 g/mol. The van der Waals surface area contributed by atoms with Crippen LogP contribution in [0.2, 0.25) is 0 Å². The number of rotatable bonds is 5. The second-order valence-corrected chi connectivity index (χ2v) is 10.6. The average Bonchev–Trinajstić information content (AvgIpc) is 3.08. The molecule has 3 amide bonds. The van der Waals surface area contributed by atoms with E-state index in [0.717, 1.165) is 0 Å². The predicted octanol–water partition coefficient (Wildman–Crippen LogP) is 1.19. The molecule has 0 saturated carbocycles. The summed E-state index contributed by atoms with van der Waals surface area (Å²) in [6.07, 6.45) is 0. The van der Waals surface area contributed by atoms with Gasteiger partial charge in [-0.25, -0.2) is 18.1 Å². The van der Waals surface area contributed by atoms with E-state index in [2.05, 4.69) is 5.32 Å². The third kappa shape index (κ3) is 3.89. The maximum absolute atomic E-state index is 13.3. The molecule has 0 bridgehead atoms. The van der Waals surface area contributed by atoms with E-state index in [-0.39, 0.29) is 30.6 Å².